The Morgan fingerprint density at radius 1 is 0.622 bits per heavy atom. The molecule has 45 heavy (non-hydrogen) atoms. The van der Waals surface area contributed by atoms with E-state index in [2.05, 4.69) is 102 Å². The second-order valence-corrected chi connectivity index (χ2v) is 11.3. The van der Waals surface area contributed by atoms with Crippen molar-refractivity contribution in [1.82, 2.24) is 0 Å². The number of hydrogen-bond acceptors (Lipinski definition) is 0. The van der Waals surface area contributed by atoms with Gasteiger partial charge in [-0.25, -0.2) is 4.70 Å². The van der Waals surface area contributed by atoms with Gasteiger partial charge in [0.25, 0.3) is 0 Å². The summed E-state index contributed by atoms with van der Waals surface area (Å²) in [6.45, 7) is 19.0. The Labute approximate surface area is 292 Å². The van der Waals surface area contributed by atoms with E-state index in [1.807, 2.05) is 0 Å². The number of allylic oxidation sites excluding steroid dienone is 2. The molecule has 0 saturated carbocycles. The van der Waals surface area contributed by atoms with Crippen LogP contribution >= 0.6 is 0 Å². The average Bonchev–Trinajstić information content (AvgIpc) is 3.35. The van der Waals surface area contributed by atoms with Crippen molar-refractivity contribution in [1.29, 1.82) is 0 Å². The van der Waals surface area contributed by atoms with Gasteiger partial charge >= 0.3 is 20.4 Å². The van der Waals surface area contributed by atoms with Crippen molar-refractivity contribution < 1.29 is 25.1 Å². The second kappa shape index (κ2) is 26.9. The van der Waals surface area contributed by atoms with E-state index >= 15 is 0 Å². The molecule has 2 aromatic carbocycles. The van der Waals surface area contributed by atoms with Crippen molar-refractivity contribution in [3.63, 3.8) is 0 Å². The molecule has 0 aromatic heterocycles. The zero-order valence-corrected chi connectivity index (χ0v) is 31.1. The fourth-order valence-electron chi connectivity index (χ4n) is 5.87. The van der Waals surface area contributed by atoms with E-state index in [-0.39, 0.29) is 20.4 Å². The number of aryl methyl sites for hydroxylation is 2. The Morgan fingerprint density at radius 3 is 1.93 bits per heavy atom. The molecule has 1 aliphatic heterocycles. The predicted octanol–water partition coefficient (Wildman–Crippen LogP) is 13.2. The fourth-order valence-corrected chi connectivity index (χ4v) is 5.87. The maximum absolute atomic E-state index is 11.9. The van der Waals surface area contributed by atoms with Gasteiger partial charge in [-0.15, -0.1) is 11.8 Å². The van der Waals surface area contributed by atoms with Crippen molar-refractivity contribution >= 4 is 11.4 Å². The molecule has 250 valence electrons. The Hall–Kier alpha value is -2.26. The molecule has 0 radical (unpaired) electrons. The van der Waals surface area contributed by atoms with E-state index in [9.17, 15) is 5.53 Å². The van der Waals surface area contributed by atoms with Crippen molar-refractivity contribution in [2.24, 2.45) is 0 Å². The molecule has 3 rings (SSSR count). The van der Waals surface area contributed by atoms with Crippen LogP contribution in [0.5, 0.6) is 0 Å². The van der Waals surface area contributed by atoms with Gasteiger partial charge in [0.05, 0.1) is 0 Å². The first-order chi connectivity index (χ1) is 21.7. The molecule has 0 bridgehead atoms. The van der Waals surface area contributed by atoms with E-state index < -0.39 is 0 Å². The first kappa shape index (κ1) is 42.7. The Kier molecular flexibility index (Phi) is 25.6. The summed E-state index contributed by atoms with van der Waals surface area (Å²) in [6.07, 6.45) is 18.0. The number of benzene rings is 2. The molecular weight excluding hydrogens is 639 g/mol. The van der Waals surface area contributed by atoms with E-state index in [0.29, 0.717) is 0 Å². The SMILES string of the molecule is CCCCCC#CCCc1ccccc1C1=C(CCCCC)C(CC)=C(c2cccc(CCCCCC)c2)[N+]1=[N-].[CH2-]C.[CH2-]C.[Pd+2]. The van der Waals surface area contributed by atoms with Gasteiger partial charge in [0, 0.05) is 35.1 Å². The monoisotopic (exact) mass is 700 g/mol. The molecule has 0 spiro atoms. The molecule has 2 nitrogen and oxygen atoms in total. The molecule has 1 aliphatic rings. The standard InChI is InChI=1S/C38H52N2.2C2H5.Pd/c1-5-9-12-14-15-16-19-25-32-26-20-21-28-35(32)38-36(29-17-11-7-3)34(8-4)37(40(38)39)33-27-22-24-31(30-33)23-18-13-10-6-2;2*1-2;/h20-22,24,26-28,30H,5-14,17-19,23,25,29H2,1-4H3;2*1H2,2H3;/q;2*-1;+2. The van der Waals surface area contributed by atoms with E-state index in [1.54, 1.807) is 13.8 Å². The summed E-state index contributed by atoms with van der Waals surface area (Å²) in [5.41, 5.74) is 21.4. The summed E-state index contributed by atoms with van der Waals surface area (Å²) in [7, 11) is 0. The molecule has 0 unspecified atom stereocenters. The average molecular weight is 701 g/mol. The minimum absolute atomic E-state index is 0. The summed E-state index contributed by atoms with van der Waals surface area (Å²) in [5.74, 6) is 6.78. The molecule has 0 fully saturated rings. The number of nitrogens with zero attached hydrogens (tertiary/aromatic N) is 2. The van der Waals surface area contributed by atoms with E-state index in [4.69, 9.17) is 0 Å². The molecular formula is C42H62N2Pd. The van der Waals surface area contributed by atoms with Gasteiger partial charge in [-0.2, -0.15) is 13.8 Å². The maximum Gasteiger partial charge on any atom is 2.00 e. The van der Waals surface area contributed by atoms with Gasteiger partial charge < -0.3 is 19.4 Å². The third kappa shape index (κ3) is 14.0. The smallest absolute Gasteiger partial charge is 0.493 e. The largest absolute Gasteiger partial charge is 2.00 e. The summed E-state index contributed by atoms with van der Waals surface area (Å²) in [4.78, 5) is 0. The van der Waals surface area contributed by atoms with Gasteiger partial charge in [0.1, 0.15) is 0 Å². The molecule has 0 N–H and O–H groups in total. The van der Waals surface area contributed by atoms with Crippen LogP contribution in [-0.4, -0.2) is 4.70 Å². The quantitative estimate of drug-likeness (QED) is 0.0516. The normalized spacial score (nSPS) is 12.0. The predicted molar refractivity (Wildman–Crippen MR) is 195 cm³/mol. The van der Waals surface area contributed by atoms with E-state index in [1.165, 1.54) is 84.8 Å². The van der Waals surface area contributed by atoms with Crippen LogP contribution in [0.15, 0.2) is 59.7 Å². The van der Waals surface area contributed by atoms with Crippen LogP contribution in [0.2, 0.25) is 0 Å². The van der Waals surface area contributed by atoms with Crippen LogP contribution in [0.3, 0.4) is 0 Å². The molecule has 0 aliphatic carbocycles. The van der Waals surface area contributed by atoms with Crippen LogP contribution in [0, 0.1) is 25.7 Å². The first-order valence-electron chi connectivity index (χ1n) is 17.7. The summed E-state index contributed by atoms with van der Waals surface area (Å²) < 4.78 is 1.53. The van der Waals surface area contributed by atoms with Crippen LogP contribution in [0.4, 0.5) is 0 Å². The minimum atomic E-state index is 0. The zero-order chi connectivity index (χ0) is 32.6. The molecule has 1 heterocycles. The third-order valence-electron chi connectivity index (χ3n) is 8.09. The molecule has 3 heteroatoms. The minimum Gasteiger partial charge on any atom is -0.493 e. The van der Waals surface area contributed by atoms with Gasteiger partial charge in [-0.1, -0.05) is 103 Å². The number of unbranched alkanes of at least 4 members (excludes halogenated alkanes) is 8. The van der Waals surface area contributed by atoms with Gasteiger partial charge in [0.2, 0.25) is 11.4 Å². The number of hydrogen-bond donors (Lipinski definition) is 0. The van der Waals surface area contributed by atoms with Crippen LogP contribution in [0.25, 0.3) is 16.9 Å². The first-order valence-corrected chi connectivity index (χ1v) is 17.7. The van der Waals surface area contributed by atoms with Crippen molar-refractivity contribution in [2.75, 3.05) is 0 Å². The van der Waals surface area contributed by atoms with Gasteiger partial charge in [-0.05, 0) is 74.3 Å². The summed E-state index contributed by atoms with van der Waals surface area (Å²) >= 11 is 0. The number of rotatable bonds is 17. The topological polar surface area (TPSA) is 25.3 Å². The fraction of sp³-hybridized carbons (Fsp3) is 0.524. The van der Waals surface area contributed by atoms with Crippen LogP contribution in [-0.2, 0) is 33.3 Å². The Balaban J connectivity index is 0.00000372. The second-order valence-electron chi connectivity index (χ2n) is 11.3. The van der Waals surface area contributed by atoms with Crippen molar-refractivity contribution in [3.05, 3.63) is 101 Å². The van der Waals surface area contributed by atoms with E-state index in [0.717, 1.165) is 67.5 Å². The van der Waals surface area contributed by atoms with Crippen LogP contribution in [0.1, 0.15) is 154 Å². The molecule has 2 aromatic rings. The molecule has 0 saturated heterocycles. The summed E-state index contributed by atoms with van der Waals surface area (Å²) in [5, 5.41) is 0. The molecule has 0 amide bonds. The maximum atomic E-state index is 11.9. The summed E-state index contributed by atoms with van der Waals surface area (Å²) in [6, 6.07) is 17.6. The van der Waals surface area contributed by atoms with Gasteiger partial charge in [-0.3, -0.25) is 0 Å². The third-order valence-corrected chi connectivity index (χ3v) is 8.09. The van der Waals surface area contributed by atoms with Crippen molar-refractivity contribution in [3.8, 4) is 11.8 Å². The Morgan fingerprint density at radius 2 is 1.24 bits per heavy atom. The zero-order valence-electron chi connectivity index (χ0n) is 29.6. The van der Waals surface area contributed by atoms with Crippen LogP contribution < -0.4 is 0 Å². The Bertz CT molecular complexity index is 1220. The van der Waals surface area contributed by atoms with Gasteiger partial charge in [0.15, 0.2) is 0 Å². The van der Waals surface area contributed by atoms with Crippen molar-refractivity contribution in [2.45, 2.75) is 144 Å². The molecule has 0 atom stereocenters.